The predicted molar refractivity (Wildman–Crippen MR) is 109 cm³/mol. The minimum atomic E-state index is -0.0904. The van der Waals surface area contributed by atoms with Gasteiger partial charge in [0.05, 0.1) is 11.3 Å². The summed E-state index contributed by atoms with van der Waals surface area (Å²) in [5.41, 5.74) is 3.43. The van der Waals surface area contributed by atoms with Crippen LogP contribution in [0.2, 0.25) is 0 Å². The molecule has 1 atom stereocenters. The Bertz CT molecular complexity index is 960. The Balaban J connectivity index is 1.39. The number of nitrogens with zero attached hydrogens (tertiary/aromatic N) is 2. The Hall–Kier alpha value is -2.86. The van der Waals surface area contributed by atoms with Gasteiger partial charge in [-0.2, -0.15) is 0 Å². The minimum absolute atomic E-state index is 0.0904. The number of ether oxygens (including phenoxy) is 1. The summed E-state index contributed by atoms with van der Waals surface area (Å²) in [5, 5.41) is 6.38. The number of hydrogen-bond donors (Lipinski definition) is 2. The maximum Gasteiger partial charge on any atom is 0.255 e. The van der Waals surface area contributed by atoms with Gasteiger partial charge in [-0.15, -0.1) is 0 Å². The zero-order chi connectivity index (χ0) is 19.3. The molecule has 0 saturated carbocycles. The average Bonchev–Trinajstić information content (AvgIpc) is 3.37. The van der Waals surface area contributed by atoms with E-state index < -0.39 is 0 Å². The number of carbonyl (C=O) groups is 1. The third-order valence-electron chi connectivity index (χ3n) is 5.24. The van der Waals surface area contributed by atoms with E-state index in [1.807, 2.05) is 54.0 Å². The number of carbonyl (C=O) groups excluding carboxylic acids is 1. The highest BCUT2D eigenvalue weighted by Gasteiger charge is 2.16. The number of rotatable bonds is 7. The first-order valence-electron chi connectivity index (χ1n) is 9.84. The molecule has 4 rings (SSSR count). The van der Waals surface area contributed by atoms with Crippen molar-refractivity contribution < 1.29 is 9.53 Å². The molecular weight excluding hydrogens is 352 g/mol. The van der Waals surface area contributed by atoms with Gasteiger partial charge in [-0.1, -0.05) is 18.2 Å². The molecule has 0 radical (unpaired) electrons. The van der Waals surface area contributed by atoms with Crippen molar-refractivity contribution in [1.82, 2.24) is 20.0 Å². The molecule has 6 heteroatoms. The summed E-state index contributed by atoms with van der Waals surface area (Å²) in [4.78, 5) is 17.2. The summed E-state index contributed by atoms with van der Waals surface area (Å²) < 4.78 is 7.94. The number of amides is 1. The second-order valence-corrected chi connectivity index (χ2v) is 7.34. The molecule has 0 bridgehead atoms. The normalized spacial score (nSPS) is 16.4. The van der Waals surface area contributed by atoms with Gasteiger partial charge in [-0.25, -0.2) is 4.98 Å². The molecule has 1 amide bonds. The molecule has 1 aliphatic rings. The molecule has 146 valence electrons. The highest BCUT2D eigenvalue weighted by atomic mass is 16.5. The van der Waals surface area contributed by atoms with Crippen LogP contribution in [0.3, 0.4) is 0 Å². The number of aromatic nitrogens is 2. The molecule has 1 aromatic carbocycles. The Labute approximate surface area is 164 Å². The van der Waals surface area contributed by atoms with E-state index in [4.69, 9.17) is 4.74 Å². The fourth-order valence-electron chi connectivity index (χ4n) is 3.65. The largest absolute Gasteiger partial charge is 0.486 e. The molecular formula is C22H26N4O2. The van der Waals surface area contributed by atoms with Crippen LogP contribution in [-0.4, -0.2) is 34.9 Å². The molecule has 0 aliphatic carbocycles. The van der Waals surface area contributed by atoms with Gasteiger partial charge in [0, 0.05) is 18.9 Å². The van der Waals surface area contributed by atoms with E-state index in [-0.39, 0.29) is 5.91 Å². The first kappa shape index (κ1) is 18.5. The molecule has 1 saturated heterocycles. The molecule has 2 N–H and O–H groups in total. The lowest BCUT2D eigenvalue weighted by Crippen LogP contribution is -2.26. The zero-order valence-corrected chi connectivity index (χ0v) is 16.1. The van der Waals surface area contributed by atoms with E-state index in [1.165, 1.54) is 6.42 Å². The number of para-hydroxylation sites is 1. The number of pyridine rings is 1. The van der Waals surface area contributed by atoms with Crippen LogP contribution in [0, 0.1) is 12.8 Å². The van der Waals surface area contributed by atoms with Gasteiger partial charge in [0.2, 0.25) is 0 Å². The second-order valence-electron chi connectivity index (χ2n) is 7.34. The second kappa shape index (κ2) is 8.44. The smallest absolute Gasteiger partial charge is 0.255 e. The number of imidazole rings is 1. The first-order chi connectivity index (χ1) is 13.7. The van der Waals surface area contributed by atoms with Gasteiger partial charge in [-0.05, 0) is 62.5 Å². The van der Waals surface area contributed by atoms with Crippen LogP contribution < -0.4 is 15.4 Å². The lowest BCUT2D eigenvalue weighted by molar-refractivity contribution is 0.0947. The number of fused-ring (bicyclic) bond motifs is 1. The molecule has 6 nitrogen and oxygen atoms in total. The minimum Gasteiger partial charge on any atom is -0.486 e. The van der Waals surface area contributed by atoms with Crippen LogP contribution >= 0.6 is 0 Å². The van der Waals surface area contributed by atoms with E-state index in [0.717, 1.165) is 36.4 Å². The van der Waals surface area contributed by atoms with E-state index in [1.54, 1.807) is 6.07 Å². The third-order valence-corrected chi connectivity index (χ3v) is 5.24. The van der Waals surface area contributed by atoms with Crippen LogP contribution in [-0.2, 0) is 6.61 Å². The van der Waals surface area contributed by atoms with Crippen molar-refractivity contribution in [2.24, 2.45) is 5.92 Å². The van der Waals surface area contributed by atoms with Crippen molar-refractivity contribution in [3.63, 3.8) is 0 Å². The predicted octanol–water partition coefficient (Wildman–Crippen LogP) is 2.95. The van der Waals surface area contributed by atoms with Gasteiger partial charge in [0.25, 0.3) is 5.91 Å². The van der Waals surface area contributed by atoms with Gasteiger partial charge in [0.1, 0.15) is 18.0 Å². The fraction of sp³-hybridized carbons (Fsp3) is 0.364. The SMILES string of the molecule is Cc1cccn2cc(COc3ccccc3C(=O)NCCC3CCNC3)nc12. The van der Waals surface area contributed by atoms with E-state index in [2.05, 4.69) is 15.6 Å². The van der Waals surface area contributed by atoms with E-state index in [0.29, 0.717) is 30.4 Å². The van der Waals surface area contributed by atoms with Crippen molar-refractivity contribution in [1.29, 1.82) is 0 Å². The van der Waals surface area contributed by atoms with Crippen LogP contribution in [0.5, 0.6) is 5.75 Å². The van der Waals surface area contributed by atoms with Gasteiger partial charge in [-0.3, -0.25) is 4.79 Å². The molecule has 0 spiro atoms. The fourth-order valence-corrected chi connectivity index (χ4v) is 3.65. The zero-order valence-electron chi connectivity index (χ0n) is 16.1. The van der Waals surface area contributed by atoms with Crippen molar-refractivity contribution in [2.45, 2.75) is 26.4 Å². The highest BCUT2D eigenvalue weighted by molar-refractivity contribution is 5.96. The molecule has 3 heterocycles. The summed E-state index contributed by atoms with van der Waals surface area (Å²) in [7, 11) is 0. The van der Waals surface area contributed by atoms with Crippen molar-refractivity contribution in [3.05, 3.63) is 65.6 Å². The lowest BCUT2D eigenvalue weighted by Gasteiger charge is -2.12. The Morgan fingerprint density at radius 2 is 2.21 bits per heavy atom. The molecule has 1 fully saturated rings. The summed E-state index contributed by atoms with van der Waals surface area (Å²) in [6, 6.07) is 11.4. The summed E-state index contributed by atoms with van der Waals surface area (Å²) in [5.74, 6) is 1.15. The molecule has 28 heavy (non-hydrogen) atoms. The van der Waals surface area contributed by atoms with Crippen molar-refractivity contribution in [2.75, 3.05) is 19.6 Å². The van der Waals surface area contributed by atoms with Gasteiger partial charge < -0.3 is 19.8 Å². The Morgan fingerprint density at radius 1 is 1.32 bits per heavy atom. The van der Waals surface area contributed by atoms with Gasteiger partial charge >= 0.3 is 0 Å². The lowest BCUT2D eigenvalue weighted by atomic mass is 10.1. The number of benzene rings is 1. The molecule has 2 aromatic heterocycles. The maximum absolute atomic E-state index is 12.6. The number of nitrogens with one attached hydrogen (secondary N) is 2. The number of aryl methyl sites for hydroxylation is 1. The average molecular weight is 378 g/mol. The van der Waals surface area contributed by atoms with Crippen molar-refractivity contribution >= 4 is 11.6 Å². The topological polar surface area (TPSA) is 67.7 Å². The first-order valence-corrected chi connectivity index (χ1v) is 9.84. The monoisotopic (exact) mass is 378 g/mol. The van der Waals surface area contributed by atoms with Crippen molar-refractivity contribution in [3.8, 4) is 5.75 Å². The third kappa shape index (κ3) is 4.17. The van der Waals surface area contributed by atoms with Crippen LogP contribution in [0.25, 0.3) is 5.65 Å². The standard InChI is InChI=1S/C22H26N4O2/c1-16-5-4-12-26-14-18(25-21(16)26)15-28-20-7-3-2-6-19(20)22(27)24-11-9-17-8-10-23-13-17/h2-7,12,14,17,23H,8-11,13,15H2,1H3,(H,24,27). The highest BCUT2D eigenvalue weighted by Crippen LogP contribution is 2.20. The molecule has 1 unspecified atom stereocenters. The summed E-state index contributed by atoms with van der Waals surface area (Å²) in [6.07, 6.45) is 6.12. The Morgan fingerprint density at radius 3 is 3.04 bits per heavy atom. The van der Waals surface area contributed by atoms with Crippen LogP contribution in [0.15, 0.2) is 48.8 Å². The van der Waals surface area contributed by atoms with Crippen LogP contribution in [0.1, 0.15) is 34.5 Å². The summed E-state index contributed by atoms with van der Waals surface area (Å²) in [6.45, 7) is 5.17. The van der Waals surface area contributed by atoms with Crippen LogP contribution in [0.4, 0.5) is 0 Å². The molecule has 1 aliphatic heterocycles. The summed E-state index contributed by atoms with van der Waals surface area (Å²) >= 11 is 0. The number of hydrogen-bond acceptors (Lipinski definition) is 4. The molecule has 3 aromatic rings. The van der Waals surface area contributed by atoms with Gasteiger partial charge in [0.15, 0.2) is 0 Å². The van der Waals surface area contributed by atoms with E-state index in [9.17, 15) is 4.79 Å². The Kier molecular flexibility index (Phi) is 5.58. The quantitative estimate of drug-likeness (QED) is 0.663. The maximum atomic E-state index is 12.6. The van der Waals surface area contributed by atoms with E-state index >= 15 is 0 Å².